The number of methoxy groups -OCH3 is 1. The zero-order chi connectivity index (χ0) is 25.8. The van der Waals surface area contributed by atoms with Crippen molar-refractivity contribution < 1.29 is 23.9 Å². The molecular formula is C27H36N4O5. The molecule has 3 amide bonds. The Morgan fingerprint density at radius 1 is 1.08 bits per heavy atom. The lowest BCUT2D eigenvalue weighted by Gasteiger charge is -2.32. The molecule has 194 valence electrons. The van der Waals surface area contributed by atoms with Crippen LogP contribution in [0.15, 0.2) is 48.7 Å². The van der Waals surface area contributed by atoms with E-state index in [2.05, 4.69) is 15.6 Å². The highest BCUT2D eigenvalue weighted by atomic mass is 16.5. The van der Waals surface area contributed by atoms with Gasteiger partial charge in [-0.25, -0.2) is 4.98 Å². The molecule has 0 saturated heterocycles. The number of aromatic nitrogens is 1. The van der Waals surface area contributed by atoms with Crippen molar-refractivity contribution in [2.24, 2.45) is 0 Å². The predicted octanol–water partition coefficient (Wildman–Crippen LogP) is 3.47. The van der Waals surface area contributed by atoms with Gasteiger partial charge in [-0.3, -0.25) is 14.4 Å². The number of anilines is 1. The quantitative estimate of drug-likeness (QED) is 0.439. The van der Waals surface area contributed by atoms with Crippen LogP contribution < -0.4 is 15.4 Å². The molecule has 36 heavy (non-hydrogen) atoms. The van der Waals surface area contributed by atoms with Crippen LogP contribution >= 0.6 is 0 Å². The van der Waals surface area contributed by atoms with Crippen LogP contribution in [0.4, 0.5) is 5.82 Å². The maximum atomic E-state index is 13.5. The Morgan fingerprint density at radius 2 is 1.83 bits per heavy atom. The Kier molecular flexibility index (Phi) is 10.7. The fourth-order valence-corrected chi connectivity index (χ4v) is 4.33. The minimum Gasteiger partial charge on any atom is -0.494 e. The van der Waals surface area contributed by atoms with E-state index < -0.39 is 6.04 Å². The van der Waals surface area contributed by atoms with Gasteiger partial charge in [0.15, 0.2) is 0 Å². The SMILES string of the molecule is CCOc1ccc([C@H](C(=O)NC2CCCC2)N(CCOC)C(=O)CCC(=O)Nc2ccccn2)cc1. The molecule has 1 fully saturated rings. The maximum Gasteiger partial charge on any atom is 0.247 e. The largest absolute Gasteiger partial charge is 0.494 e. The van der Waals surface area contributed by atoms with Crippen molar-refractivity contribution in [1.29, 1.82) is 0 Å². The van der Waals surface area contributed by atoms with E-state index in [4.69, 9.17) is 9.47 Å². The molecule has 0 radical (unpaired) electrons. The summed E-state index contributed by atoms with van der Waals surface area (Å²) in [6.45, 7) is 2.91. The van der Waals surface area contributed by atoms with Crippen molar-refractivity contribution in [3.05, 3.63) is 54.2 Å². The molecule has 2 N–H and O–H groups in total. The van der Waals surface area contributed by atoms with Gasteiger partial charge in [-0.1, -0.05) is 31.0 Å². The first-order valence-electron chi connectivity index (χ1n) is 12.5. The van der Waals surface area contributed by atoms with Gasteiger partial charge in [-0.2, -0.15) is 0 Å². The van der Waals surface area contributed by atoms with Crippen molar-refractivity contribution in [2.75, 3.05) is 32.2 Å². The fraction of sp³-hybridized carbons (Fsp3) is 0.481. The molecule has 3 rings (SSSR count). The van der Waals surface area contributed by atoms with Crippen molar-refractivity contribution in [3.63, 3.8) is 0 Å². The van der Waals surface area contributed by atoms with Gasteiger partial charge >= 0.3 is 0 Å². The molecular weight excluding hydrogens is 460 g/mol. The van der Waals surface area contributed by atoms with Crippen molar-refractivity contribution in [2.45, 2.75) is 57.5 Å². The molecule has 1 saturated carbocycles. The Balaban J connectivity index is 1.78. The van der Waals surface area contributed by atoms with E-state index in [9.17, 15) is 14.4 Å². The Labute approximate surface area is 212 Å². The Bertz CT molecular complexity index is 977. The summed E-state index contributed by atoms with van der Waals surface area (Å²) in [7, 11) is 1.55. The van der Waals surface area contributed by atoms with Crippen LogP contribution in [-0.4, -0.2) is 60.5 Å². The molecule has 0 unspecified atom stereocenters. The van der Waals surface area contributed by atoms with E-state index in [0.29, 0.717) is 23.7 Å². The number of carbonyl (C=O) groups is 3. The van der Waals surface area contributed by atoms with Crippen LogP contribution in [0.1, 0.15) is 57.1 Å². The van der Waals surface area contributed by atoms with Crippen LogP contribution in [-0.2, 0) is 19.1 Å². The molecule has 2 aromatic rings. The topological polar surface area (TPSA) is 110 Å². The number of carbonyl (C=O) groups excluding carboxylic acids is 3. The number of ether oxygens (including phenoxy) is 2. The average molecular weight is 497 g/mol. The van der Waals surface area contributed by atoms with Crippen molar-refractivity contribution >= 4 is 23.5 Å². The third-order valence-electron chi connectivity index (χ3n) is 6.12. The van der Waals surface area contributed by atoms with Gasteiger partial charge in [0.05, 0.1) is 13.2 Å². The van der Waals surface area contributed by atoms with Gasteiger partial charge in [0.2, 0.25) is 17.7 Å². The lowest BCUT2D eigenvalue weighted by atomic mass is 10.0. The van der Waals surface area contributed by atoms with E-state index >= 15 is 0 Å². The van der Waals surface area contributed by atoms with Crippen molar-refractivity contribution in [1.82, 2.24) is 15.2 Å². The summed E-state index contributed by atoms with van der Waals surface area (Å²) in [4.78, 5) is 44.9. The van der Waals surface area contributed by atoms with E-state index in [1.54, 1.807) is 43.6 Å². The lowest BCUT2D eigenvalue weighted by molar-refractivity contribution is -0.142. The zero-order valence-corrected chi connectivity index (χ0v) is 21.1. The molecule has 0 spiro atoms. The highest BCUT2D eigenvalue weighted by Gasteiger charge is 2.33. The third-order valence-corrected chi connectivity index (χ3v) is 6.12. The zero-order valence-electron chi connectivity index (χ0n) is 21.1. The first-order valence-corrected chi connectivity index (χ1v) is 12.5. The normalized spacial score (nSPS) is 14.2. The average Bonchev–Trinajstić information content (AvgIpc) is 3.39. The minimum atomic E-state index is -0.845. The molecule has 1 aliphatic rings. The van der Waals surface area contributed by atoms with Crippen LogP contribution in [0.2, 0.25) is 0 Å². The van der Waals surface area contributed by atoms with Gasteiger partial charge in [0, 0.05) is 38.7 Å². The van der Waals surface area contributed by atoms with E-state index in [0.717, 1.165) is 25.7 Å². The molecule has 9 heteroatoms. The van der Waals surface area contributed by atoms with Gasteiger partial charge in [0.1, 0.15) is 17.6 Å². The summed E-state index contributed by atoms with van der Waals surface area (Å²) in [5, 5.41) is 5.82. The van der Waals surface area contributed by atoms with Gasteiger partial charge in [-0.05, 0) is 49.6 Å². The van der Waals surface area contributed by atoms with Gasteiger partial charge in [-0.15, -0.1) is 0 Å². The number of hydrogen-bond acceptors (Lipinski definition) is 6. The fourth-order valence-electron chi connectivity index (χ4n) is 4.33. The number of nitrogens with one attached hydrogen (secondary N) is 2. The molecule has 1 aliphatic carbocycles. The number of rotatable bonds is 13. The molecule has 0 bridgehead atoms. The monoisotopic (exact) mass is 496 g/mol. The molecule has 1 aromatic heterocycles. The number of nitrogens with zero attached hydrogens (tertiary/aromatic N) is 2. The standard InChI is InChI=1S/C27H36N4O5/c1-3-36-22-13-11-20(12-14-22)26(27(34)29-21-8-4-5-9-21)31(18-19-35-2)25(33)16-15-24(32)30-23-10-6-7-17-28-23/h6-7,10-14,17,21,26H,3-5,8-9,15-16,18-19H2,1-2H3,(H,29,34)(H,28,30,32)/t26-/m1/s1. The third kappa shape index (κ3) is 8.05. The maximum absolute atomic E-state index is 13.5. The van der Waals surface area contributed by atoms with E-state index in [1.807, 2.05) is 19.1 Å². The van der Waals surface area contributed by atoms with Gasteiger partial charge in [0.25, 0.3) is 0 Å². The highest BCUT2D eigenvalue weighted by molar-refractivity contribution is 5.94. The van der Waals surface area contributed by atoms with E-state index in [1.165, 1.54) is 4.90 Å². The molecule has 1 aromatic carbocycles. The molecule has 1 heterocycles. The highest BCUT2D eigenvalue weighted by Crippen LogP contribution is 2.27. The Morgan fingerprint density at radius 3 is 2.47 bits per heavy atom. The first kappa shape index (κ1) is 27.1. The van der Waals surface area contributed by atoms with Crippen LogP contribution in [0.25, 0.3) is 0 Å². The minimum absolute atomic E-state index is 0.0286. The summed E-state index contributed by atoms with van der Waals surface area (Å²) >= 11 is 0. The number of pyridine rings is 1. The van der Waals surface area contributed by atoms with Crippen LogP contribution in [0.3, 0.4) is 0 Å². The summed E-state index contributed by atoms with van der Waals surface area (Å²) in [5.41, 5.74) is 0.677. The number of amides is 3. The second-order valence-corrected chi connectivity index (χ2v) is 8.74. The van der Waals surface area contributed by atoms with Crippen molar-refractivity contribution in [3.8, 4) is 5.75 Å². The summed E-state index contributed by atoms with van der Waals surface area (Å²) in [5.74, 6) is 0.269. The summed E-state index contributed by atoms with van der Waals surface area (Å²) < 4.78 is 10.8. The molecule has 9 nitrogen and oxygen atoms in total. The number of benzene rings is 1. The smallest absolute Gasteiger partial charge is 0.247 e. The van der Waals surface area contributed by atoms with E-state index in [-0.39, 0.29) is 49.8 Å². The second kappa shape index (κ2) is 14.2. The first-order chi connectivity index (χ1) is 17.5. The second-order valence-electron chi connectivity index (χ2n) is 8.74. The molecule has 0 aliphatic heterocycles. The Hall–Kier alpha value is -3.46. The lowest BCUT2D eigenvalue weighted by Crippen LogP contribution is -2.47. The van der Waals surface area contributed by atoms with Gasteiger partial charge < -0.3 is 25.0 Å². The molecule has 1 atom stereocenters. The predicted molar refractivity (Wildman–Crippen MR) is 136 cm³/mol. The van der Waals surface area contributed by atoms with Crippen LogP contribution in [0.5, 0.6) is 5.75 Å². The van der Waals surface area contributed by atoms with Crippen LogP contribution in [0, 0.1) is 0 Å². The summed E-state index contributed by atoms with van der Waals surface area (Å²) in [6.07, 6.45) is 5.53. The summed E-state index contributed by atoms with van der Waals surface area (Å²) in [6, 6.07) is 11.7. The number of hydrogen-bond donors (Lipinski definition) is 2.